The number of quaternary nitrogens is 1. The third-order valence-electron chi connectivity index (χ3n) is 5.88. The smallest absolute Gasteiger partial charge is 0.291 e. The van der Waals surface area contributed by atoms with Crippen LogP contribution in [-0.4, -0.2) is 60.1 Å². The summed E-state index contributed by atoms with van der Waals surface area (Å²) in [6, 6.07) is 6.64. The summed E-state index contributed by atoms with van der Waals surface area (Å²) in [7, 11) is 1.50. The first kappa shape index (κ1) is 17.1. The van der Waals surface area contributed by atoms with E-state index in [1.54, 1.807) is 24.4 Å². The van der Waals surface area contributed by atoms with Gasteiger partial charge in [-0.05, 0) is 13.0 Å². The molecule has 5 atom stereocenters. The molecule has 1 spiro atoms. The molecule has 3 aliphatic rings. The van der Waals surface area contributed by atoms with E-state index in [0.29, 0.717) is 11.3 Å². The van der Waals surface area contributed by atoms with E-state index in [2.05, 4.69) is 5.32 Å². The molecule has 8 heteroatoms. The Morgan fingerprint density at radius 3 is 2.73 bits per heavy atom. The lowest BCUT2D eigenvalue weighted by Crippen LogP contribution is -3.00. The zero-order valence-corrected chi connectivity index (χ0v) is 14.6. The topological polar surface area (TPSA) is 113 Å². The minimum atomic E-state index is -1.22. The SMILES string of the molecule is COCCN1C(=O)[C@@H]2[C@@H]([C@H](C)O)[NH2+][C@]3(C(=O)Nc4ccccc43)[C@@H]2C1=O. The van der Waals surface area contributed by atoms with Gasteiger partial charge in [-0.15, -0.1) is 0 Å². The van der Waals surface area contributed by atoms with Crippen molar-refractivity contribution in [3.05, 3.63) is 29.8 Å². The van der Waals surface area contributed by atoms with Crippen LogP contribution in [-0.2, 0) is 24.7 Å². The zero-order valence-electron chi connectivity index (χ0n) is 14.6. The molecule has 1 aromatic carbocycles. The van der Waals surface area contributed by atoms with Gasteiger partial charge in [0.2, 0.25) is 17.4 Å². The molecule has 0 bridgehead atoms. The summed E-state index contributed by atoms with van der Waals surface area (Å²) in [5, 5.41) is 14.8. The van der Waals surface area contributed by atoms with Crippen molar-refractivity contribution in [1.29, 1.82) is 0 Å². The number of carbonyl (C=O) groups excluding carboxylic acids is 3. The summed E-state index contributed by atoms with van der Waals surface area (Å²) in [5.41, 5.74) is 0.115. The fourth-order valence-corrected chi connectivity index (χ4v) is 4.75. The lowest BCUT2D eigenvalue weighted by atomic mass is 9.76. The molecule has 0 unspecified atom stereocenters. The molecule has 3 amide bonds. The quantitative estimate of drug-likeness (QED) is 0.561. The number of benzene rings is 1. The predicted molar refractivity (Wildman–Crippen MR) is 89.7 cm³/mol. The first-order valence-corrected chi connectivity index (χ1v) is 8.72. The normalized spacial score (nSPS) is 33.6. The van der Waals surface area contributed by atoms with Crippen LogP contribution in [0.2, 0.25) is 0 Å². The fraction of sp³-hybridized carbons (Fsp3) is 0.500. The summed E-state index contributed by atoms with van der Waals surface area (Å²) in [4.78, 5) is 40.3. The van der Waals surface area contributed by atoms with Crippen molar-refractivity contribution in [3.63, 3.8) is 0 Å². The van der Waals surface area contributed by atoms with Crippen LogP contribution in [0.4, 0.5) is 5.69 Å². The number of fused-ring (bicyclic) bond motifs is 4. The van der Waals surface area contributed by atoms with Gasteiger partial charge in [0.15, 0.2) is 0 Å². The van der Waals surface area contributed by atoms with Crippen LogP contribution in [0, 0.1) is 11.8 Å². The first-order chi connectivity index (χ1) is 12.4. The average molecular weight is 360 g/mol. The Morgan fingerprint density at radius 1 is 1.31 bits per heavy atom. The van der Waals surface area contributed by atoms with E-state index in [4.69, 9.17) is 4.74 Å². The Bertz CT molecular complexity index is 795. The van der Waals surface area contributed by atoms with Gasteiger partial charge in [0, 0.05) is 12.7 Å². The number of para-hydroxylation sites is 1. The number of aliphatic hydroxyl groups excluding tert-OH is 1. The van der Waals surface area contributed by atoms with Gasteiger partial charge in [0.05, 0.1) is 18.8 Å². The monoisotopic (exact) mass is 360 g/mol. The Balaban J connectivity index is 1.85. The molecule has 0 aromatic heterocycles. The van der Waals surface area contributed by atoms with Crippen molar-refractivity contribution >= 4 is 23.4 Å². The number of anilines is 1. The second kappa shape index (κ2) is 5.87. The molecule has 4 rings (SSSR count). The maximum Gasteiger partial charge on any atom is 0.291 e. The van der Waals surface area contributed by atoms with Gasteiger partial charge < -0.3 is 20.5 Å². The molecular formula is C18H22N3O5+. The van der Waals surface area contributed by atoms with E-state index >= 15 is 0 Å². The molecular weight excluding hydrogens is 338 g/mol. The lowest BCUT2D eigenvalue weighted by Gasteiger charge is -2.26. The molecule has 4 N–H and O–H groups in total. The van der Waals surface area contributed by atoms with E-state index in [1.165, 1.54) is 12.0 Å². The van der Waals surface area contributed by atoms with Crippen molar-refractivity contribution in [2.75, 3.05) is 25.6 Å². The number of likely N-dealkylation sites (tertiary alicyclic amines) is 1. The van der Waals surface area contributed by atoms with Gasteiger partial charge in [-0.25, -0.2) is 0 Å². The molecule has 0 aliphatic carbocycles. The number of hydrogen-bond acceptors (Lipinski definition) is 5. The fourth-order valence-electron chi connectivity index (χ4n) is 4.75. The highest BCUT2D eigenvalue weighted by Gasteiger charge is 2.74. The van der Waals surface area contributed by atoms with Crippen LogP contribution in [0.15, 0.2) is 24.3 Å². The zero-order chi connectivity index (χ0) is 18.6. The van der Waals surface area contributed by atoms with Crippen molar-refractivity contribution in [2.24, 2.45) is 11.8 Å². The van der Waals surface area contributed by atoms with E-state index in [-0.39, 0.29) is 30.9 Å². The Morgan fingerprint density at radius 2 is 2.04 bits per heavy atom. The Labute approximate surface area is 150 Å². The molecule has 138 valence electrons. The molecule has 2 saturated heterocycles. The summed E-state index contributed by atoms with van der Waals surface area (Å²) in [6.07, 6.45) is -0.846. The minimum Gasteiger partial charge on any atom is -0.387 e. The molecule has 3 aliphatic heterocycles. The maximum atomic E-state index is 13.2. The van der Waals surface area contributed by atoms with Crippen LogP contribution >= 0.6 is 0 Å². The third-order valence-corrected chi connectivity index (χ3v) is 5.88. The molecule has 1 aromatic rings. The van der Waals surface area contributed by atoms with E-state index in [1.807, 2.05) is 12.1 Å². The van der Waals surface area contributed by atoms with Gasteiger partial charge in [0.1, 0.15) is 24.0 Å². The van der Waals surface area contributed by atoms with Crippen LogP contribution < -0.4 is 10.6 Å². The van der Waals surface area contributed by atoms with Gasteiger partial charge in [-0.1, -0.05) is 18.2 Å². The van der Waals surface area contributed by atoms with Gasteiger partial charge >= 0.3 is 0 Å². The number of nitrogens with zero attached hydrogens (tertiary/aromatic N) is 1. The first-order valence-electron chi connectivity index (χ1n) is 8.72. The molecule has 0 radical (unpaired) electrons. The van der Waals surface area contributed by atoms with Crippen LogP contribution in [0.25, 0.3) is 0 Å². The molecule has 26 heavy (non-hydrogen) atoms. The molecule has 3 heterocycles. The van der Waals surface area contributed by atoms with Gasteiger partial charge in [-0.2, -0.15) is 0 Å². The average Bonchev–Trinajstić information content (AvgIpc) is 3.20. The van der Waals surface area contributed by atoms with Crippen molar-refractivity contribution in [3.8, 4) is 0 Å². The third kappa shape index (κ3) is 2.03. The minimum absolute atomic E-state index is 0.146. The van der Waals surface area contributed by atoms with Crippen molar-refractivity contribution < 1.29 is 29.5 Å². The molecule has 0 saturated carbocycles. The number of ether oxygens (including phenoxy) is 1. The summed E-state index contributed by atoms with van der Waals surface area (Å²) >= 11 is 0. The summed E-state index contributed by atoms with van der Waals surface area (Å²) in [5.74, 6) is -2.60. The van der Waals surface area contributed by atoms with Gasteiger partial charge in [0.25, 0.3) is 5.91 Å². The highest BCUT2D eigenvalue weighted by Crippen LogP contribution is 2.49. The standard InChI is InChI=1S/C18H21N3O5/c1-9(22)14-12-13(16(24)21(15(12)23)7-8-26-2)18(20-14)10-5-3-4-6-11(10)19-17(18)25/h3-6,9,12-14,20,22H,7-8H2,1-2H3,(H,19,25)/p+1/t9-,12-,13-,14+,18-/m0/s1. The maximum absolute atomic E-state index is 13.2. The molecule has 2 fully saturated rings. The number of carbonyl (C=O) groups is 3. The van der Waals surface area contributed by atoms with E-state index in [9.17, 15) is 19.5 Å². The number of amides is 3. The highest BCUT2D eigenvalue weighted by atomic mass is 16.5. The number of methoxy groups -OCH3 is 1. The molecule has 8 nitrogen and oxygen atoms in total. The van der Waals surface area contributed by atoms with Gasteiger partial charge in [-0.3, -0.25) is 19.3 Å². The Hall–Kier alpha value is -2.29. The Kier molecular flexibility index (Phi) is 3.87. The second-order valence-corrected chi connectivity index (χ2v) is 7.18. The summed E-state index contributed by atoms with van der Waals surface area (Å²) < 4.78 is 5.01. The van der Waals surface area contributed by atoms with E-state index in [0.717, 1.165) is 0 Å². The van der Waals surface area contributed by atoms with Crippen molar-refractivity contribution in [1.82, 2.24) is 4.90 Å². The lowest BCUT2D eigenvalue weighted by molar-refractivity contribution is -0.738. The van der Waals surface area contributed by atoms with Crippen LogP contribution in [0.5, 0.6) is 0 Å². The number of rotatable bonds is 4. The van der Waals surface area contributed by atoms with Crippen LogP contribution in [0.3, 0.4) is 0 Å². The number of nitrogens with two attached hydrogens (primary N) is 1. The van der Waals surface area contributed by atoms with Crippen LogP contribution in [0.1, 0.15) is 12.5 Å². The number of imide groups is 1. The largest absolute Gasteiger partial charge is 0.387 e. The number of aliphatic hydroxyl groups is 1. The van der Waals surface area contributed by atoms with E-state index < -0.39 is 29.5 Å². The number of nitrogens with one attached hydrogen (secondary N) is 1. The number of hydrogen-bond donors (Lipinski definition) is 3. The second-order valence-electron chi connectivity index (χ2n) is 7.18. The highest BCUT2D eigenvalue weighted by molar-refractivity contribution is 6.13. The predicted octanol–water partition coefficient (Wildman–Crippen LogP) is -1.59. The summed E-state index contributed by atoms with van der Waals surface area (Å²) in [6.45, 7) is 1.97. The van der Waals surface area contributed by atoms with Crippen molar-refractivity contribution in [2.45, 2.75) is 24.6 Å².